The predicted molar refractivity (Wildman–Crippen MR) is 39.1 cm³/mol. The van der Waals surface area contributed by atoms with Crippen molar-refractivity contribution >= 4 is 15.9 Å². The van der Waals surface area contributed by atoms with Crippen LogP contribution in [0.25, 0.3) is 0 Å². The molecule has 0 amide bonds. The van der Waals surface area contributed by atoms with E-state index in [-0.39, 0.29) is 12.0 Å². The van der Waals surface area contributed by atoms with Gasteiger partial charge in [-0.25, -0.2) is 4.39 Å². The van der Waals surface area contributed by atoms with E-state index in [2.05, 4.69) is 15.9 Å². The Kier molecular flexibility index (Phi) is 3.42. The van der Waals surface area contributed by atoms with Gasteiger partial charge in [-0.15, -0.1) is 0 Å². The van der Waals surface area contributed by atoms with Crippen molar-refractivity contribution in [2.45, 2.75) is 0 Å². The minimum absolute atomic E-state index is 0. The van der Waals surface area contributed by atoms with Crippen LogP contribution in [-0.2, 0) is 0 Å². The highest BCUT2D eigenvalue weighted by molar-refractivity contribution is 9.10. The molecule has 0 fully saturated rings. The van der Waals surface area contributed by atoms with Gasteiger partial charge in [0.05, 0.1) is 0 Å². The van der Waals surface area contributed by atoms with Crippen LogP contribution < -0.4 is 6.15 Å². The first kappa shape index (κ1) is 8.59. The lowest BCUT2D eigenvalue weighted by atomic mass is 10.4. The molecular formula is C6H7BrFN. The maximum atomic E-state index is 12.1. The van der Waals surface area contributed by atoms with E-state index in [4.69, 9.17) is 0 Å². The minimum Gasteiger partial charge on any atom is -0.344 e. The highest BCUT2D eigenvalue weighted by Crippen LogP contribution is 2.09. The smallest absolute Gasteiger partial charge is 0.124 e. The lowest BCUT2D eigenvalue weighted by Crippen LogP contribution is -1.68. The zero-order valence-electron chi connectivity index (χ0n) is 4.77. The van der Waals surface area contributed by atoms with Crippen molar-refractivity contribution in [2.75, 3.05) is 0 Å². The van der Waals surface area contributed by atoms with E-state index in [1.165, 1.54) is 12.1 Å². The van der Waals surface area contributed by atoms with Crippen LogP contribution >= 0.6 is 15.9 Å². The van der Waals surface area contributed by atoms with Gasteiger partial charge in [-0.2, -0.15) is 0 Å². The molecule has 9 heavy (non-hydrogen) atoms. The average molecular weight is 192 g/mol. The van der Waals surface area contributed by atoms with Crippen LogP contribution in [0.2, 0.25) is 0 Å². The summed E-state index contributed by atoms with van der Waals surface area (Å²) in [7, 11) is 0. The Morgan fingerprint density at radius 1 is 1.33 bits per heavy atom. The van der Waals surface area contributed by atoms with E-state index in [1.807, 2.05) is 0 Å². The highest BCUT2D eigenvalue weighted by atomic mass is 79.9. The van der Waals surface area contributed by atoms with Gasteiger partial charge in [-0.05, 0) is 18.2 Å². The molecular weight excluding hydrogens is 185 g/mol. The van der Waals surface area contributed by atoms with Crippen molar-refractivity contribution in [3.8, 4) is 0 Å². The fraction of sp³-hybridized carbons (Fsp3) is 0. The molecule has 50 valence electrons. The minimum atomic E-state index is -0.209. The second-order valence-electron chi connectivity index (χ2n) is 1.44. The molecule has 0 bridgehead atoms. The molecule has 0 saturated heterocycles. The Bertz CT molecular complexity index is 173. The molecule has 0 aliphatic heterocycles. The zero-order chi connectivity index (χ0) is 5.98. The monoisotopic (exact) mass is 191 g/mol. The van der Waals surface area contributed by atoms with Crippen LogP contribution in [0.15, 0.2) is 28.7 Å². The SMILES string of the molecule is Fc1cccc(Br)c1.N. The second kappa shape index (κ2) is 3.58. The zero-order valence-corrected chi connectivity index (χ0v) is 6.36. The van der Waals surface area contributed by atoms with Gasteiger partial charge in [-0.3, -0.25) is 0 Å². The van der Waals surface area contributed by atoms with Crippen LogP contribution in [0.5, 0.6) is 0 Å². The summed E-state index contributed by atoms with van der Waals surface area (Å²) in [4.78, 5) is 0. The van der Waals surface area contributed by atoms with Crippen molar-refractivity contribution < 1.29 is 4.39 Å². The van der Waals surface area contributed by atoms with Crippen molar-refractivity contribution in [3.63, 3.8) is 0 Å². The van der Waals surface area contributed by atoms with Gasteiger partial charge < -0.3 is 6.15 Å². The molecule has 1 rings (SSSR count). The third kappa shape index (κ3) is 2.58. The van der Waals surface area contributed by atoms with Gasteiger partial charge in [0.25, 0.3) is 0 Å². The van der Waals surface area contributed by atoms with Crippen LogP contribution in [0.4, 0.5) is 4.39 Å². The van der Waals surface area contributed by atoms with Crippen LogP contribution in [0, 0.1) is 5.82 Å². The Labute approximate surface area is 61.6 Å². The molecule has 0 heterocycles. The number of hydrogen-bond acceptors (Lipinski definition) is 1. The van der Waals surface area contributed by atoms with Crippen LogP contribution in [0.3, 0.4) is 0 Å². The summed E-state index contributed by atoms with van der Waals surface area (Å²) in [6.07, 6.45) is 0. The van der Waals surface area contributed by atoms with Crippen LogP contribution in [0.1, 0.15) is 0 Å². The summed E-state index contributed by atoms with van der Waals surface area (Å²) in [5, 5.41) is 0. The molecule has 1 nitrogen and oxygen atoms in total. The molecule has 0 aromatic heterocycles. The predicted octanol–water partition coefficient (Wildman–Crippen LogP) is 2.75. The van der Waals surface area contributed by atoms with Gasteiger partial charge in [0.1, 0.15) is 5.82 Å². The largest absolute Gasteiger partial charge is 0.344 e. The topological polar surface area (TPSA) is 35.0 Å². The molecule has 0 radical (unpaired) electrons. The lowest BCUT2D eigenvalue weighted by Gasteiger charge is -1.85. The lowest BCUT2D eigenvalue weighted by molar-refractivity contribution is 0.627. The summed E-state index contributed by atoms with van der Waals surface area (Å²) in [6, 6.07) is 6.26. The fourth-order valence-electron chi connectivity index (χ4n) is 0.460. The van der Waals surface area contributed by atoms with E-state index in [1.54, 1.807) is 12.1 Å². The number of benzene rings is 1. The molecule has 0 atom stereocenters. The Morgan fingerprint density at radius 2 is 2.00 bits per heavy atom. The molecule has 0 unspecified atom stereocenters. The highest BCUT2D eigenvalue weighted by Gasteiger charge is 1.86. The molecule has 1 aromatic carbocycles. The van der Waals surface area contributed by atoms with E-state index >= 15 is 0 Å². The third-order valence-electron chi connectivity index (χ3n) is 0.787. The van der Waals surface area contributed by atoms with E-state index in [0.717, 1.165) is 4.47 Å². The van der Waals surface area contributed by atoms with Crippen molar-refractivity contribution in [1.29, 1.82) is 0 Å². The van der Waals surface area contributed by atoms with Gasteiger partial charge in [-0.1, -0.05) is 22.0 Å². The van der Waals surface area contributed by atoms with Crippen molar-refractivity contribution in [3.05, 3.63) is 34.6 Å². The standard InChI is InChI=1S/C6H4BrF.H3N/c7-5-2-1-3-6(8)4-5;/h1-4H;1H3. The molecule has 3 N–H and O–H groups in total. The molecule has 0 aliphatic carbocycles. The van der Waals surface area contributed by atoms with E-state index < -0.39 is 0 Å². The summed E-state index contributed by atoms with van der Waals surface area (Å²) in [5.74, 6) is -0.209. The molecule has 1 aromatic rings. The fourth-order valence-corrected chi connectivity index (χ4v) is 0.831. The quantitative estimate of drug-likeness (QED) is 0.673. The van der Waals surface area contributed by atoms with Gasteiger partial charge >= 0.3 is 0 Å². The molecule has 0 aliphatic rings. The molecule has 3 heteroatoms. The van der Waals surface area contributed by atoms with Gasteiger partial charge in [0.15, 0.2) is 0 Å². The van der Waals surface area contributed by atoms with Crippen molar-refractivity contribution in [1.82, 2.24) is 6.15 Å². The Morgan fingerprint density at radius 3 is 2.33 bits per heavy atom. The summed E-state index contributed by atoms with van der Waals surface area (Å²) in [5.41, 5.74) is 0. The first-order valence-electron chi connectivity index (χ1n) is 2.20. The van der Waals surface area contributed by atoms with Crippen molar-refractivity contribution in [2.24, 2.45) is 0 Å². The maximum absolute atomic E-state index is 12.1. The Balaban J connectivity index is 0.000000640. The number of rotatable bonds is 0. The maximum Gasteiger partial charge on any atom is 0.124 e. The van der Waals surface area contributed by atoms with Gasteiger partial charge in [0.2, 0.25) is 0 Å². The number of halogens is 2. The Hall–Kier alpha value is -0.410. The summed E-state index contributed by atoms with van der Waals surface area (Å²) in [6.45, 7) is 0. The number of hydrogen-bond donors (Lipinski definition) is 1. The summed E-state index contributed by atoms with van der Waals surface area (Å²) >= 11 is 3.12. The average Bonchev–Trinajstić information content (AvgIpc) is 1.64. The normalized spacial score (nSPS) is 8.22. The van der Waals surface area contributed by atoms with E-state index in [0.29, 0.717) is 0 Å². The second-order valence-corrected chi connectivity index (χ2v) is 2.36. The van der Waals surface area contributed by atoms with Gasteiger partial charge in [0, 0.05) is 4.47 Å². The first-order chi connectivity index (χ1) is 3.79. The molecule has 0 spiro atoms. The van der Waals surface area contributed by atoms with E-state index in [9.17, 15) is 4.39 Å². The molecule has 0 saturated carbocycles. The third-order valence-corrected chi connectivity index (χ3v) is 1.28. The summed E-state index contributed by atoms with van der Waals surface area (Å²) < 4.78 is 12.9. The van der Waals surface area contributed by atoms with Crippen LogP contribution in [-0.4, -0.2) is 0 Å². The first-order valence-corrected chi connectivity index (χ1v) is 2.99.